The SMILES string of the molecule is CCNCCc1ncc(C(C)(CC)OC)o1. The molecule has 0 saturated heterocycles. The highest BCUT2D eigenvalue weighted by Crippen LogP contribution is 2.28. The molecule has 0 aliphatic rings. The summed E-state index contributed by atoms with van der Waals surface area (Å²) < 4.78 is 11.2. The average Bonchev–Trinajstić information content (AvgIpc) is 2.78. The summed E-state index contributed by atoms with van der Waals surface area (Å²) in [6, 6.07) is 0. The van der Waals surface area contributed by atoms with Gasteiger partial charge in [-0.25, -0.2) is 4.98 Å². The Labute approximate surface area is 97.4 Å². The number of nitrogens with one attached hydrogen (secondary N) is 1. The molecule has 0 saturated carbocycles. The predicted octanol–water partition coefficient (Wildman–Crippen LogP) is 2.10. The van der Waals surface area contributed by atoms with E-state index in [-0.39, 0.29) is 5.60 Å². The van der Waals surface area contributed by atoms with Crippen LogP contribution in [0.3, 0.4) is 0 Å². The molecule has 1 aromatic rings. The van der Waals surface area contributed by atoms with Gasteiger partial charge < -0.3 is 14.5 Å². The average molecular weight is 226 g/mol. The smallest absolute Gasteiger partial charge is 0.195 e. The van der Waals surface area contributed by atoms with E-state index in [1.807, 2.05) is 6.92 Å². The number of rotatable bonds is 7. The van der Waals surface area contributed by atoms with E-state index in [9.17, 15) is 0 Å². The Morgan fingerprint density at radius 3 is 2.81 bits per heavy atom. The van der Waals surface area contributed by atoms with Gasteiger partial charge in [0.05, 0.1) is 6.20 Å². The van der Waals surface area contributed by atoms with Gasteiger partial charge in [-0.2, -0.15) is 0 Å². The summed E-state index contributed by atoms with van der Waals surface area (Å²) in [7, 11) is 1.70. The monoisotopic (exact) mass is 226 g/mol. The second kappa shape index (κ2) is 6.01. The first kappa shape index (κ1) is 13.2. The topological polar surface area (TPSA) is 47.3 Å². The zero-order valence-electron chi connectivity index (χ0n) is 10.7. The van der Waals surface area contributed by atoms with Crippen molar-refractivity contribution in [3.63, 3.8) is 0 Å². The van der Waals surface area contributed by atoms with E-state index in [4.69, 9.17) is 9.15 Å². The molecular weight excluding hydrogens is 204 g/mol. The van der Waals surface area contributed by atoms with E-state index in [1.54, 1.807) is 13.3 Å². The van der Waals surface area contributed by atoms with Gasteiger partial charge in [-0.3, -0.25) is 0 Å². The maximum absolute atomic E-state index is 5.70. The largest absolute Gasteiger partial charge is 0.443 e. The predicted molar refractivity (Wildman–Crippen MR) is 63.4 cm³/mol. The van der Waals surface area contributed by atoms with Crippen molar-refractivity contribution >= 4 is 0 Å². The molecule has 1 unspecified atom stereocenters. The molecule has 0 aliphatic carbocycles. The third kappa shape index (κ3) is 3.06. The third-order valence-electron chi connectivity index (χ3n) is 2.97. The Hall–Kier alpha value is -0.870. The number of ether oxygens (including phenoxy) is 1. The highest BCUT2D eigenvalue weighted by atomic mass is 16.5. The van der Waals surface area contributed by atoms with Crippen LogP contribution in [-0.4, -0.2) is 25.2 Å². The Kier molecular flexibility index (Phi) is 4.96. The number of hydrogen-bond acceptors (Lipinski definition) is 4. The lowest BCUT2D eigenvalue weighted by Gasteiger charge is -2.23. The molecule has 1 rings (SSSR count). The highest BCUT2D eigenvalue weighted by Gasteiger charge is 2.28. The zero-order chi connectivity index (χ0) is 12.0. The molecule has 16 heavy (non-hydrogen) atoms. The molecule has 4 nitrogen and oxygen atoms in total. The van der Waals surface area contributed by atoms with Gasteiger partial charge in [0.15, 0.2) is 11.7 Å². The minimum atomic E-state index is -0.358. The summed E-state index contributed by atoms with van der Waals surface area (Å²) in [5, 5.41) is 3.24. The van der Waals surface area contributed by atoms with Crippen LogP contribution in [0, 0.1) is 0 Å². The van der Waals surface area contributed by atoms with Crippen molar-refractivity contribution in [3.05, 3.63) is 17.8 Å². The molecule has 0 bridgehead atoms. The molecule has 0 amide bonds. The van der Waals surface area contributed by atoms with Crippen molar-refractivity contribution in [3.8, 4) is 0 Å². The number of hydrogen-bond donors (Lipinski definition) is 1. The fourth-order valence-electron chi connectivity index (χ4n) is 1.46. The van der Waals surface area contributed by atoms with Crippen LogP contribution < -0.4 is 5.32 Å². The van der Waals surface area contributed by atoms with Crippen molar-refractivity contribution in [1.82, 2.24) is 10.3 Å². The summed E-state index contributed by atoms with van der Waals surface area (Å²) in [4.78, 5) is 4.26. The molecule has 0 aliphatic heterocycles. The van der Waals surface area contributed by atoms with Crippen molar-refractivity contribution in [2.24, 2.45) is 0 Å². The maximum atomic E-state index is 5.70. The lowest BCUT2D eigenvalue weighted by Crippen LogP contribution is -2.22. The normalized spacial score (nSPS) is 15.0. The van der Waals surface area contributed by atoms with Crippen LogP contribution in [-0.2, 0) is 16.8 Å². The molecular formula is C12H22N2O2. The summed E-state index contributed by atoms with van der Waals surface area (Å²) in [5.74, 6) is 1.58. The van der Waals surface area contributed by atoms with Gasteiger partial charge in [0.1, 0.15) is 5.60 Å². The van der Waals surface area contributed by atoms with Gasteiger partial charge >= 0.3 is 0 Å². The lowest BCUT2D eigenvalue weighted by molar-refractivity contribution is -0.0197. The highest BCUT2D eigenvalue weighted by molar-refractivity contribution is 5.05. The van der Waals surface area contributed by atoms with Crippen LogP contribution >= 0.6 is 0 Å². The molecule has 4 heteroatoms. The van der Waals surface area contributed by atoms with Crippen LogP contribution in [0.25, 0.3) is 0 Å². The first-order chi connectivity index (χ1) is 7.66. The quantitative estimate of drug-likeness (QED) is 0.723. The molecule has 0 radical (unpaired) electrons. The molecule has 0 spiro atoms. The van der Waals surface area contributed by atoms with Crippen molar-refractivity contribution < 1.29 is 9.15 Å². The van der Waals surface area contributed by atoms with Crippen LogP contribution in [0.2, 0.25) is 0 Å². The first-order valence-electron chi connectivity index (χ1n) is 5.87. The van der Waals surface area contributed by atoms with E-state index in [0.29, 0.717) is 0 Å². The van der Waals surface area contributed by atoms with E-state index in [2.05, 4.69) is 24.1 Å². The van der Waals surface area contributed by atoms with Crippen LogP contribution in [0.15, 0.2) is 10.6 Å². The Balaban J connectivity index is 2.63. The molecule has 92 valence electrons. The van der Waals surface area contributed by atoms with Gasteiger partial charge in [0, 0.05) is 20.1 Å². The van der Waals surface area contributed by atoms with Gasteiger partial charge in [-0.15, -0.1) is 0 Å². The number of oxazole rings is 1. The number of methoxy groups -OCH3 is 1. The van der Waals surface area contributed by atoms with Gasteiger partial charge in [-0.05, 0) is 19.9 Å². The summed E-state index contributed by atoms with van der Waals surface area (Å²) in [6.45, 7) is 8.04. The first-order valence-corrected chi connectivity index (χ1v) is 5.87. The van der Waals surface area contributed by atoms with Gasteiger partial charge in [-0.1, -0.05) is 13.8 Å². The van der Waals surface area contributed by atoms with Gasteiger partial charge in [0.25, 0.3) is 0 Å². The number of aromatic nitrogens is 1. The Morgan fingerprint density at radius 1 is 1.50 bits per heavy atom. The van der Waals surface area contributed by atoms with E-state index < -0.39 is 0 Å². The summed E-state index contributed by atoms with van der Waals surface area (Å²) in [6.07, 6.45) is 3.46. The summed E-state index contributed by atoms with van der Waals surface area (Å²) in [5.41, 5.74) is -0.358. The van der Waals surface area contributed by atoms with E-state index in [0.717, 1.165) is 37.6 Å². The fourth-order valence-corrected chi connectivity index (χ4v) is 1.46. The number of likely N-dealkylation sites (N-methyl/N-ethyl adjacent to an activating group) is 1. The third-order valence-corrected chi connectivity index (χ3v) is 2.97. The molecule has 1 atom stereocenters. The maximum Gasteiger partial charge on any atom is 0.195 e. The molecule has 0 aromatic carbocycles. The number of nitrogens with zero attached hydrogens (tertiary/aromatic N) is 1. The zero-order valence-corrected chi connectivity index (χ0v) is 10.7. The molecule has 1 aromatic heterocycles. The van der Waals surface area contributed by atoms with Crippen molar-refractivity contribution in [2.75, 3.05) is 20.2 Å². The van der Waals surface area contributed by atoms with E-state index >= 15 is 0 Å². The van der Waals surface area contributed by atoms with Crippen LogP contribution in [0.4, 0.5) is 0 Å². The second-order valence-electron chi connectivity index (χ2n) is 4.01. The fraction of sp³-hybridized carbons (Fsp3) is 0.750. The minimum absolute atomic E-state index is 0.358. The van der Waals surface area contributed by atoms with Crippen molar-refractivity contribution in [1.29, 1.82) is 0 Å². The standard InChI is InChI=1S/C12H22N2O2/c1-5-12(3,15-4)10-9-14-11(16-10)7-8-13-6-2/h9,13H,5-8H2,1-4H3. The van der Waals surface area contributed by atoms with Gasteiger partial charge in [0.2, 0.25) is 0 Å². The summed E-state index contributed by atoms with van der Waals surface area (Å²) >= 11 is 0. The Morgan fingerprint density at radius 2 is 2.25 bits per heavy atom. The van der Waals surface area contributed by atoms with E-state index in [1.165, 1.54) is 0 Å². The minimum Gasteiger partial charge on any atom is -0.443 e. The lowest BCUT2D eigenvalue weighted by atomic mass is 10.0. The van der Waals surface area contributed by atoms with Crippen LogP contribution in [0.1, 0.15) is 38.8 Å². The second-order valence-corrected chi connectivity index (χ2v) is 4.01. The van der Waals surface area contributed by atoms with Crippen molar-refractivity contribution in [2.45, 2.75) is 39.2 Å². The molecule has 1 heterocycles. The molecule has 1 N–H and O–H groups in total. The van der Waals surface area contributed by atoms with Crippen LogP contribution in [0.5, 0.6) is 0 Å². The Bertz CT molecular complexity index is 306. The molecule has 0 fully saturated rings.